The van der Waals surface area contributed by atoms with E-state index < -0.39 is 0 Å². The molecular weight excluding hydrogens is 837 g/mol. The van der Waals surface area contributed by atoms with Crippen LogP contribution in [0.4, 0.5) is 11.4 Å². The molecule has 66 heavy (non-hydrogen) atoms. The maximum atomic E-state index is 13.0. The Morgan fingerprint density at radius 1 is 0.758 bits per heavy atom. The molecule has 0 unspecified atom stereocenters. The van der Waals surface area contributed by atoms with Gasteiger partial charge in [-0.3, -0.25) is 19.2 Å². The number of amides is 4. The highest BCUT2D eigenvalue weighted by Gasteiger charge is 2.32. The molecule has 15 heteroatoms. The second-order valence-electron chi connectivity index (χ2n) is 16.2. The van der Waals surface area contributed by atoms with Crippen LogP contribution in [-0.2, 0) is 33.8 Å². The molecule has 2 atom stereocenters. The normalized spacial score (nSPS) is 15.2. The first kappa shape index (κ1) is 45.1. The number of hydrogen-bond acceptors (Lipinski definition) is 10. The zero-order chi connectivity index (χ0) is 45.7. The van der Waals surface area contributed by atoms with E-state index in [2.05, 4.69) is 67.3 Å². The molecule has 340 valence electrons. The summed E-state index contributed by atoms with van der Waals surface area (Å²) in [5.74, 6) is 0.712. The first-order chi connectivity index (χ1) is 32.3. The minimum absolute atomic E-state index is 0.0784. The smallest absolute Gasteiger partial charge is 0.255 e. The van der Waals surface area contributed by atoms with Gasteiger partial charge >= 0.3 is 0 Å². The van der Waals surface area contributed by atoms with E-state index in [9.17, 15) is 19.2 Å². The summed E-state index contributed by atoms with van der Waals surface area (Å²) in [4.78, 5) is 57.1. The Morgan fingerprint density at radius 3 is 2.27 bits per heavy atom. The first-order valence-corrected chi connectivity index (χ1v) is 22.2. The summed E-state index contributed by atoms with van der Waals surface area (Å²) in [6.07, 6.45) is 7.79. The fraction of sp³-hybridized carbons (Fsp3) is 0.275. The molecule has 4 heterocycles. The minimum atomic E-state index is -0.302. The van der Waals surface area contributed by atoms with E-state index in [0.717, 1.165) is 30.5 Å². The number of piperazine rings is 1. The Morgan fingerprint density at radius 2 is 1.50 bits per heavy atom. The van der Waals surface area contributed by atoms with Gasteiger partial charge in [0.15, 0.2) is 5.75 Å². The Labute approximate surface area is 383 Å². The van der Waals surface area contributed by atoms with Crippen LogP contribution in [0, 0.1) is 0 Å². The molecule has 2 aliphatic rings. The molecule has 2 aliphatic heterocycles. The quantitative estimate of drug-likeness (QED) is 0.0425. The number of hydrogen-bond donors (Lipinski definition) is 5. The Balaban J connectivity index is 0.696. The van der Waals surface area contributed by atoms with Gasteiger partial charge in [0.25, 0.3) is 11.8 Å². The molecule has 2 saturated heterocycles. The number of benzene rings is 4. The number of nitrogens with zero attached hydrogens (tertiary/aromatic N) is 3. The van der Waals surface area contributed by atoms with Gasteiger partial charge in [0.05, 0.1) is 24.5 Å². The number of rotatable bonds is 21. The van der Waals surface area contributed by atoms with Crippen LogP contribution in [-0.4, -0.2) is 91.3 Å². The summed E-state index contributed by atoms with van der Waals surface area (Å²) < 4.78 is 19.3. The second kappa shape index (κ2) is 21.9. The fourth-order valence-electron chi connectivity index (χ4n) is 8.05. The van der Waals surface area contributed by atoms with E-state index in [-0.39, 0.29) is 30.2 Å². The predicted molar refractivity (Wildman–Crippen MR) is 253 cm³/mol. The standard InChI is InChI=1S/C51H54N8O7/c1-2-47(60)54-30-36-7-11-37(12-8-36)51(63)57-45-5-3-4-6-46(45)66-44-19-17-43(18-20-44)65-28-27-64-26-24-52-48(61)34-58-25-22-38-29-39(31-55-49(38)58)50(62)53-23-21-35-9-15-42(16-10-35)59-32-40-13-14-41(33-59)56-40/h2-12,15-20,22,25,29,31,40-41,56H,1,13-14,21,23-24,26-28,30,32-34H2,(H,52,61)(H,53,62)(H,54,60)(H,57,63)/t40-,41+. The van der Waals surface area contributed by atoms with Gasteiger partial charge in [0.1, 0.15) is 30.3 Å². The number of aromatic nitrogens is 2. The Bertz CT molecular complexity index is 2620. The van der Waals surface area contributed by atoms with Crippen molar-refractivity contribution in [1.29, 1.82) is 0 Å². The maximum Gasteiger partial charge on any atom is 0.255 e. The van der Waals surface area contributed by atoms with E-state index in [1.807, 2.05) is 12.1 Å². The molecule has 8 rings (SSSR count). The van der Waals surface area contributed by atoms with E-state index in [1.165, 1.54) is 30.2 Å². The van der Waals surface area contributed by atoms with Crippen molar-refractivity contribution in [2.24, 2.45) is 0 Å². The number of nitrogens with one attached hydrogen (secondary N) is 5. The SMILES string of the molecule is C=CC(=O)NCc1ccc(C(=O)Nc2ccccc2Oc2ccc(OCCOCCNC(=O)Cn3ccc4cc(C(=O)NCCc5ccc(N6C[C@H]7CC[C@@H](C6)N7)cc5)cnc43)cc2)cc1. The average molecular weight is 891 g/mol. The molecule has 0 aliphatic carbocycles. The monoisotopic (exact) mass is 890 g/mol. The summed E-state index contributed by atoms with van der Waals surface area (Å²) in [7, 11) is 0. The highest BCUT2D eigenvalue weighted by atomic mass is 16.5. The minimum Gasteiger partial charge on any atom is -0.491 e. The van der Waals surface area contributed by atoms with Crippen molar-refractivity contribution in [2.75, 3.05) is 56.2 Å². The average Bonchev–Trinajstić information content (AvgIpc) is 3.91. The van der Waals surface area contributed by atoms with Crippen molar-refractivity contribution in [3.63, 3.8) is 0 Å². The lowest BCUT2D eigenvalue weighted by Crippen LogP contribution is -2.51. The topological polar surface area (TPSA) is 177 Å². The first-order valence-electron chi connectivity index (χ1n) is 22.2. The highest BCUT2D eigenvalue weighted by molar-refractivity contribution is 6.05. The number of ether oxygens (including phenoxy) is 3. The summed E-state index contributed by atoms with van der Waals surface area (Å²) in [6.45, 7) is 7.74. The van der Waals surface area contributed by atoms with Gasteiger partial charge in [-0.15, -0.1) is 0 Å². The van der Waals surface area contributed by atoms with Crippen LogP contribution < -0.4 is 41.0 Å². The third-order valence-electron chi connectivity index (χ3n) is 11.5. The lowest BCUT2D eigenvalue weighted by Gasteiger charge is -2.34. The molecule has 2 bridgehead atoms. The molecule has 6 aromatic rings. The van der Waals surface area contributed by atoms with Crippen LogP contribution in [0.15, 0.2) is 134 Å². The van der Waals surface area contributed by atoms with Gasteiger partial charge in [-0.2, -0.15) is 0 Å². The van der Waals surface area contributed by atoms with Crippen molar-refractivity contribution >= 4 is 46.0 Å². The molecule has 4 amide bonds. The summed E-state index contributed by atoms with van der Waals surface area (Å²) in [5.41, 5.74) is 5.33. The lowest BCUT2D eigenvalue weighted by molar-refractivity contribution is -0.122. The zero-order valence-corrected chi connectivity index (χ0v) is 36.7. The molecule has 0 spiro atoms. The van der Waals surface area contributed by atoms with Gasteiger partial charge in [0, 0.05) is 73.8 Å². The summed E-state index contributed by atoms with van der Waals surface area (Å²) >= 11 is 0. The van der Waals surface area contributed by atoms with E-state index in [0.29, 0.717) is 91.2 Å². The van der Waals surface area contributed by atoms with Gasteiger partial charge in [-0.05, 0) is 109 Å². The van der Waals surface area contributed by atoms with Crippen molar-refractivity contribution in [3.8, 4) is 17.2 Å². The number of para-hydroxylation sites is 2. The van der Waals surface area contributed by atoms with Gasteiger partial charge in [-0.1, -0.05) is 43.0 Å². The summed E-state index contributed by atoms with van der Waals surface area (Å²) in [6, 6.07) is 34.7. The van der Waals surface area contributed by atoms with E-state index in [4.69, 9.17) is 14.2 Å². The third kappa shape index (κ3) is 12.2. The van der Waals surface area contributed by atoms with Crippen LogP contribution >= 0.6 is 0 Å². The fourth-order valence-corrected chi connectivity index (χ4v) is 8.05. The van der Waals surface area contributed by atoms with E-state index in [1.54, 1.807) is 89.8 Å². The van der Waals surface area contributed by atoms with Crippen molar-refractivity contribution in [3.05, 3.63) is 156 Å². The van der Waals surface area contributed by atoms with Gasteiger partial charge < -0.3 is 50.3 Å². The second-order valence-corrected chi connectivity index (χ2v) is 16.2. The van der Waals surface area contributed by atoms with Crippen LogP contribution in [0.2, 0.25) is 0 Å². The highest BCUT2D eigenvalue weighted by Crippen LogP contribution is 2.31. The van der Waals surface area contributed by atoms with Gasteiger partial charge in [-0.25, -0.2) is 4.98 Å². The van der Waals surface area contributed by atoms with Gasteiger partial charge in [0.2, 0.25) is 11.8 Å². The summed E-state index contributed by atoms with van der Waals surface area (Å²) in [5, 5.41) is 16.0. The van der Waals surface area contributed by atoms with E-state index >= 15 is 0 Å². The molecule has 0 saturated carbocycles. The van der Waals surface area contributed by atoms with Crippen LogP contribution in [0.3, 0.4) is 0 Å². The molecule has 4 aromatic carbocycles. The van der Waals surface area contributed by atoms with Crippen LogP contribution in [0.25, 0.3) is 11.0 Å². The largest absolute Gasteiger partial charge is 0.491 e. The molecule has 2 aromatic heterocycles. The number of fused-ring (bicyclic) bond motifs is 3. The lowest BCUT2D eigenvalue weighted by atomic mass is 10.1. The van der Waals surface area contributed by atoms with Crippen molar-refractivity contribution in [1.82, 2.24) is 30.8 Å². The molecule has 5 N–H and O–H groups in total. The molecular formula is C51H54N8O7. The van der Waals surface area contributed by atoms with Crippen molar-refractivity contribution in [2.45, 2.75) is 44.4 Å². The Kier molecular flexibility index (Phi) is 15.0. The van der Waals surface area contributed by atoms with Crippen LogP contribution in [0.1, 0.15) is 44.7 Å². The number of pyridine rings is 1. The molecule has 2 fully saturated rings. The number of carbonyl (C=O) groups is 4. The molecule has 15 nitrogen and oxygen atoms in total. The number of anilines is 2. The predicted octanol–water partition coefficient (Wildman–Crippen LogP) is 6.01. The number of carbonyl (C=O) groups excluding carboxylic acids is 4. The Hall–Kier alpha value is -7.49. The maximum absolute atomic E-state index is 13.0. The van der Waals surface area contributed by atoms with Crippen LogP contribution in [0.5, 0.6) is 17.2 Å². The van der Waals surface area contributed by atoms with Crippen molar-refractivity contribution < 1.29 is 33.4 Å². The third-order valence-corrected chi connectivity index (χ3v) is 11.5. The zero-order valence-electron chi connectivity index (χ0n) is 36.7. The molecule has 0 radical (unpaired) electrons.